The van der Waals surface area contributed by atoms with E-state index in [-0.39, 0.29) is 5.41 Å². The highest BCUT2D eigenvalue weighted by atomic mass is 16.2. The van der Waals surface area contributed by atoms with E-state index in [1.807, 2.05) is 0 Å². The van der Waals surface area contributed by atoms with Crippen LogP contribution in [0.4, 0.5) is 0 Å². The van der Waals surface area contributed by atoms with Gasteiger partial charge in [-0.15, -0.1) is 0 Å². The van der Waals surface area contributed by atoms with E-state index in [9.17, 15) is 4.79 Å². The van der Waals surface area contributed by atoms with Crippen LogP contribution in [0.15, 0.2) is 0 Å². The Morgan fingerprint density at radius 2 is 1.63 bits per heavy atom. The van der Waals surface area contributed by atoms with E-state index in [0.717, 1.165) is 38.5 Å². The Hall–Kier alpha value is -0.570. The van der Waals surface area contributed by atoms with Gasteiger partial charge in [-0.25, -0.2) is 0 Å². The number of piperidine rings is 1. The van der Waals surface area contributed by atoms with Gasteiger partial charge in [0, 0.05) is 18.6 Å². The lowest BCUT2D eigenvalue weighted by Crippen LogP contribution is -2.55. The molecular weight excluding hydrogens is 236 g/mol. The van der Waals surface area contributed by atoms with E-state index in [2.05, 4.69) is 32.6 Å². The summed E-state index contributed by atoms with van der Waals surface area (Å²) in [6.45, 7) is 9.16. The van der Waals surface area contributed by atoms with Crippen LogP contribution in [0.1, 0.15) is 72.6 Å². The lowest BCUT2D eigenvalue weighted by Gasteiger charge is -2.45. The molecule has 3 nitrogen and oxygen atoms in total. The second-order valence-corrected chi connectivity index (χ2v) is 6.33. The van der Waals surface area contributed by atoms with Crippen molar-refractivity contribution in [2.45, 2.75) is 84.7 Å². The van der Waals surface area contributed by atoms with Gasteiger partial charge in [-0.2, -0.15) is 0 Å². The first kappa shape index (κ1) is 16.5. The molecule has 0 aromatic heterocycles. The van der Waals surface area contributed by atoms with Crippen molar-refractivity contribution in [2.75, 3.05) is 6.54 Å². The molecule has 2 unspecified atom stereocenters. The summed E-state index contributed by atoms with van der Waals surface area (Å²) in [5.41, 5.74) is 5.71. The number of likely N-dealkylation sites (tertiary alicyclic amines) is 1. The molecule has 0 bridgehead atoms. The molecule has 0 spiro atoms. The number of carbonyl (C=O) groups is 1. The molecule has 3 heteroatoms. The molecule has 1 aliphatic rings. The molecule has 1 aliphatic heterocycles. The van der Waals surface area contributed by atoms with Crippen molar-refractivity contribution in [3.05, 3.63) is 0 Å². The second-order valence-electron chi connectivity index (χ2n) is 6.33. The highest BCUT2D eigenvalue weighted by molar-refractivity contribution is 5.83. The molecule has 1 saturated heterocycles. The van der Waals surface area contributed by atoms with Gasteiger partial charge < -0.3 is 10.6 Å². The first-order chi connectivity index (χ1) is 9.02. The van der Waals surface area contributed by atoms with E-state index < -0.39 is 0 Å². The number of hydrogen-bond donors (Lipinski definition) is 1. The minimum atomic E-state index is -0.316. The zero-order valence-corrected chi connectivity index (χ0v) is 13.2. The van der Waals surface area contributed by atoms with Gasteiger partial charge in [0.1, 0.15) is 0 Å². The van der Waals surface area contributed by atoms with E-state index in [0.29, 0.717) is 24.5 Å². The van der Waals surface area contributed by atoms with Crippen LogP contribution in [0.5, 0.6) is 0 Å². The maximum Gasteiger partial charge on any atom is 0.230 e. The van der Waals surface area contributed by atoms with E-state index in [4.69, 9.17) is 5.73 Å². The van der Waals surface area contributed by atoms with Crippen LogP contribution in [-0.4, -0.2) is 29.4 Å². The van der Waals surface area contributed by atoms with Gasteiger partial charge >= 0.3 is 0 Å². The normalized spacial score (nSPS) is 24.6. The van der Waals surface area contributed by atoms with Crippen LogP contribution >= 0.6 is 0 Å². The van der Waals surface area contributed by atoms with Crippen molar-refractivity contribution in [3.63, 3.8) is 0 Å². The predicted octanol–water partition coefficient (Wildman–Crippen LogP) is 3.32. The molecule has 0 aliphatic carbocycles. The first-order valence-corrected chi connectivity index (χ1v) is 8.05. The number of rotatable bonds is 6. The van der Waals surface area contributed by atoms with Crippen molar-refractivity contribution >= 4 is 5.91 Å². The third-order valence-electron chi connectivity index (χ3n) is 4.73. The van der Waals surface area contributed by atoms with Gasteiger partial charge in [-0.3, -0.25) is 4.79 Å². The number of nitrogens with zero attached hydrogens (tertiary/aromatic N) is 1. The molecule has 2 atom stereocenters. The summed E-state index contributed by atoms with van der Waals surface area (Å²) in [4.78, 5) is 15.2. The van der Waals surface area contributed by atoms with Crippen molar-refractivity contribution in [1.29, 1.82) is 0 Å². The van der Waals surface area contributed by atoms with Crippen molar-refractivity contribution < 1.29 is 4.79 Å². The lowest BCUT2D eigenvalue weighted by molar-refractivity contribution is -0.149. The third kappa shape index (κ3) is 3.50. The van der Waals surface area contributed by atoms with Gasteiger partial charge in [-0.05, 0) is 46.0 Å². The number of hydrogen-bond acceptors (Lipinski definition) is 2. The van der Waals surface area contributed by atoms with Gasteiger partial charge in [0.2, 0.25) is 5.91 Å². The monoisotopic (exact) mass is 268 g/mol. The molecule has 0 aromatic rings. The fourth-order valence-electron chi connectivity index (χ4n) is 3.68. The van der Waals surface area contributed by atoms with Crippen LogP contribution < -0.4 is 5.73 Å². The molecule has 1 heterocycles. The van der Waals surface area contributed by atoms with E-state index in [1.165, 1.54) is 6.42 Å². The van der Waals surface area contributed by atoms with Crippen molar-refractivity contribution in [3.8, 4) is 0 Å². The number of nitrogens with two attached hydrogens (primary N) is 1. The van der Waals surface area contributed by atoms with Crippen LogP contribution in [-0.2, 0) is 4.79 Å². The topological polar surface area (TPSA) is 46.3 Å². The molecule has 2 N–H and O–H groups in total. The SMILES string of the molecule is CCCC(CN)(CCC)C(=O)N1C(C)CCCC1C. The van der Waals surface area contributed by atoms with Gasteiger partial charge in [0.15, 0.2) is 0 Å². The molecule has 112 valence electrons. The summed E-state index contributed by atoms with van der Waals surface area (Å²) in [6.07, 6.45) is 7.41. The summed E-state index contributed by atoms with van der Waals surface area (Å²) in [5, 5.41) is 0. The maximum atomic E-state index is 13.1. The largest absolute Gasteiger partial charge is 0.337 e. The highest BCUT2D eigenvalue weighted by Crippen LogP contribution is 2.35. The smallest absolute Gasteiger partial charge is 0.230 e. The molecule has 0 radical (unpaired) electrons. The zero-order valence-electron chi connectivity index (χ0n) is 13.2. The van der Waals surface area contributed by atoms with Gasteiger partial charge in [0.05, 0.1) is 5.41 Å². The summed E-state index contributed by atoms with van der Waals surface area (Å²) >= 11 is 0. The maximum absolute atomic E-state index is 13.1. The average Bonchev–Trinajstić information content (AvgIpc) is 2.38. The molecular formula is C16H32N2O. The molecule has 19 heavy (non-hydrogen) atoms. The van der Waals surface area contributed by atoms with Crippen LogP contribution in [0, 0.1) is 5.41 Å². The molecule has 0 aromatic carbocycles. The average molecular weight is 268 g/mol. The zero-order chi connectivity index (χ0) is 14.5. The van der Waals surface area contributed by atoms with Gasteiger partial charge in [-0.1, -0.05) is 26.7 Å². The lowest BCUT2D eigenvalue weighted by atomic mass is 9.76. The molecule has 0 saturated carbocycles. The standard InChI is InChI=1S/C16H32N2O/c1-5-10-16(12-17,11-6-2)15(19)18-13(3)8-7-9-14(18)4/h13-14H,5-12,17H2,1-4H3. The Morgan fingerprint density at radius 1 is 1.16 bits per heavy atom. The summed E-state index contributed by atoms with van der Waals surface area (Å²) in [7, 11) is 0. The highest BCUT2D eigenvalue weighted by Gasteiger charge is 2.42. The summed E-state index contributed by atoms with van der Waals surface area (Å²) in [6, 6.07) is 0.742. The van der Waals surface area contributed by atoms with E-state index in [1.54, 1.807) is 0 Å². The fraction of sp³-hybridized carbons (Fsp3) is 0.938. The number of carbonyl (C=O) groups excluding carboxylic acids is 1. The van der Waals surface area contributed by atoms with Gasteiger partial charge in [0.25, 0.3) is 0 Å². The van der Waals surface area contributed by atoms with Crippen molar-refractivity contribution in [2.24, 2.45) is 11.1 Å². The Kier molecular flexibility index (Phi) is 6.31. The second kappa shape index (κ2) is 7.28. The fourth-order valence-corrected chi connectivity index (χ4v) is 3.68. The Bertz CT molecular complexity index is 274. The molecule has 1 rings (SSSR count). The van der Waals surface area contributed by atoms with Crippen LogP contribution in [0.25, 0.3) is 0 Å². The molecule has 1 fully saturated rings. The van der Waals surface area contributed by atoms with Crippen molar-refractivity contribution in [1.82, 2.24) is 4.90 Å². The minimum Gasteiger partial charge on any atom is -0.337 e. The first-order valence-electron chi connectivity index (χ1n) is 8.05. The third-order valence-corrected chi connectivity index (χ3v) is 4.73. The Morgan fingerprint density at radius 3 is 2.00 bits per heavy atom. The van der Waals surface area contributed by atoms with Crippen LogP contribution in [0.2, 0.25) is 0 Å². The minimum absolute atomic E-state index is 0.316. The molecule has 1 amide bonds. The predicted molar refractivity (Wildman–Crippen MR) is 80.9 cm³/mol. The number of amides is 1. The van der Waals surface area contributed by atoms with Crippen LogP contribution in [0.3, 0.4) is 0 Å². The Labute approximate surface area is 118 Å². The Balaban J connectivity index is 2.96. The van der Waals surface area contributed by atoms with E-state index >= 15 is 0 Å². The quantitative estimate of drug-likeness (QED) is 0.803. The summed E-state index contributed by atoms with van der Waals surface area (Å²) in [5.74, 6) is 0.318. The summed E-state index contributed by atoms with van der Waals surface area (Å²) < 4.78 is 0.